The van der Waals surface area contributed by atoms with Crippen molar-refractivity contribution in [3.8, 4) is 0 Å². The molecular formula is C14H28N4O2. The van der Waals surface area contributed by atoms with Gasteiger partial charge in [0.2, 0.25) is 11.8 Å². The minimum Gasteiger partial charge on any atom is -0.358 e. The first kappa shape index (κ1) is 16.9. The average Bonchev–Trinajstić information content (AvgIpc) is 2.46. The van der Waals surface area contributed by atoms with E-state index < -0.39 is 0 Å². The molecule has 0 aliphatic carbocycles. The van der Waals surface area contributed by atoms with E-state index in [0.717, 1.165) is 45.2 Å². The first-order valence-electron chi connectivity index (χ1n) is 7.55. The molecule has 0 aromatic carbocycles. The molecule has 0 spiro atoms. The van der Waals surface area contributed by atoms with Crippen molar-refractivity contribution in [1.29, 1.82) is 0 Å². The molecule has 0 aromatic rings. The zero-order chi connectivity index (χ0) is 15.0. The lowest BCUT2D eigenvalue weighted by Crippen LogP contribution is -2.50. The van der Waals surface area contributed by atoms with Crippen LogP contribution in [0.15, 0.2) is 0 Å². The summed E-state index contributed by atoms with van der Waals surface area (Å²) in [6.45, 7) is 4.20. The van der Waals surface area contributed by atoms with E-state index in [-0.39, 0.29) is 23.9 Å². The van der Waals surface area contributed by atoms with E-state index >= 15 is 0 Å². The molecule has 0 saturated carbocycles. The second-order valence-corrected chi connectivity index (χ2v) is 5.48. The number of amides is 2. The summed E-state index contributed by atoms with van der Waals surface area (Å²) in [5, 5.41) is 5.65. The van der Waals surface area contributed by atoms with Crippen LogP contribution < -0.4 is 16.4 Å². The fourth-order valence-corrected chi connectivity index (χ4v) is 2.38. The lowest BCUT2D eigenvalue weighted by molar-refractivity contribution is -0.124. The molecular weight excluding hydrogens is 256 g/mol. The highest BCUT2D eigenvalue weighted by Gasteiger charge is 2.23. The minimum absolute atomic E-state index is 0.0362. The van der Waals surface area contributed by atoms with E-state index in [9.17, 15) is 9.59 Å². The fourth-order valence-electron chi connectivity index (χ4n) is 2.38. The van der Waals surface area contributed by atoms with Gasteiger partial charge in [-0.25, -0.2) is 0 Å². The largest absolute Gasteiger partial charge is 0.358 e. The van der Waals surface area contributed by atoms with Gasteiger partial charge in [0.1, 0.15) is 0 Å². The summed E-state index contributed by atoms with van der Waals surface area (Å²) in [7, 11) is 1.65. The van der Waals surface area contributed by atoms with Gasteiger partial charge in [-0.3, -0.25) is 14.5 Å². The molecule has 4 N–H and O–H groups in total. The number of likely N-dealkylation sites (N-methyl/N-ethyl adjacent to an activating group) is 1. The number of hydrogen-bond donors (Lipinski definition) is 3. The number of carbonyl (C=O) groups excluding carboxylic acids is 2. The van der Waals surface area contributed by atoms with Gasteiger partial charge in [0.25, 0.3) is 0 Å². The molecule has 0 bridgehead atoms. The molecule has 1 rings (SSSR count). The number of nitrogens with one attached hydrogen (secondary N) is 2. The fraction of sp³-hybridized carbons (Fsp3) is 0.857. The van der Waals surface area contributed by atoms with Crippen molar-refractivity contribution < 1.29 is 9.59 Å². The number of hydrogen-bond acceptors (Lipinski definition) is 4. The van der Waals surface area contributed by atoms with Gasteiger partial charge in [-0.2, -0.15) is 0 Å². The van der Waals surface area contributed by atoms with Gasteiger partial charge in [-0.05, 0) is 19.3 Å². The van der Waals surface area contributed by atoms with E-state index in [4.69, 9.17) is 5.73 Å². The van der Waals surface area contributed by atoms with Crippen LogP contribution in [0.4, 0.5) is 0 Å². The number of nitrogens with zero attached hydrogens (tertiary/aromatic N) is 1. The summed E-state index contributed by atoms with van der Waals surface area (Å²) in [6.07, 6.45) is 4.54. The van der Waals surface area contributed by atoms with Crippen molar-refractivity contribution in [2.24, 2.45) is 5.73 Å². The van der Waals surface area contributed by atoms with Gasteiger partial charge in [-0.1, -0.05) is 19.8 Å². The van der Waals surface area contributed by atoms with Crippen molar-refractivity contribution >= 4 is 11.8 Å². The lowest BCUT2D eigenvalue weighted by atomic mass is 10.0. The molecule has 1 atom stereocenters. The van der Waals surface area contributed by atoms with Crippen LogP contribution in [0.3, 0.4) is 0 Å². The van der Waals surface area contributed by atoms with Gasteiger partial charge in [0.05, 0.1) is 12.6 Å². The average molecular weight is 284 g/mol. The highest BCUT2D eigenvalue weighted by molar-refractivity contribution is 5.81. The Bertz CT molecular complexity index is 314. The normalized spacial score (nSPS) is 18.6. The molecule has 1 unspecified atom stereocenters. The highest BCUT2D eigenvalue weighted by atomic mass is 16.2. The Morgan fingerprint density at radius 3 is 2.55 bits per heavy atom. The van der Waals surface area contributed by atoms with Crippen LogP contribution in [0, 0.1) is 0 Å². The van der Waals surface area contributed by atoms with Gasteiger partial charge < -0.3 is 16.4 Å². The highest BCUT2D eigenvalue weighted by Crippen LogP contribution is 2.10. The molecule has 1 aliphatic heterocycles. The van der Waals surface area contributed by atoms with Crippen LogP contribution in [0.25, 0.3) is 0 Å². The Morgan fingerprint density at radius 1 is 1.35 bits per heavy atom. The molecule has 1 fully saturated rings. The molecule has 2 amide bonds. The van der Waals surface area contributed by atoms with Crippen LogP contribution in [0.5, 0.6) is 0 Å². The maximum absolute atomic E-state index is 11.9. The van der Waals surface area contributed by atoms with Crippen LogP contribution in [0.1, 0.15) is 39.0 Å². The number of likely N-dealkylation sites (tertiary alicyclic amines) is 1. The van der Waals surface area contributed by atoms with Crippen LogP contribution in [-0.2, 0) is 9.59 Å². The molecule has 6 nitrogen and oxygen atoms in total. The van der Waals surface area contributed by atoms with Crippen molar-refractivity contribution in [3.05, 3.63) is 0 Å². The molecule has 1 heterocycles. The van der Waals surface area contributed by atoms with Crippen LogP contribution >= 0.6 is 0 Å². The number of carbonyl (C=O) groups is 2. The summed E-state index contributed by atoms with van der Waals surface area (Å²) in [5.74, 6) is -0.00252. The third kappa shape index (κ3) is 5.88. The van der Waals surface area contributed by atoms with Gasteiger partial charge >= 0.3 is 0 Å². The third-order valence-corrected chi connectivity index (χ3v) is 3.79. The van der Waals surface area contributed by atoms with Crippen molar-refractivity contribution in [1.82, 2.24) is 15.5 Å². The predicted molar refractivity (Wildman–Crippen MR) is 79.2 cm³/mol. The third-order valence-electron chi connectivity index (χ3n) is 3.79. The van der Waals surface area contributed by atoms with Gasteiger partial charge in [0, 0.05) is 26.2 Å². The molecule has 116 valence electrons. The number of rotatable bonds is 7. The van der Waals surface area contributed by atoms with Gasteiger partial charge in [-0.15, -0.1) is 0 Å². The number of nitrogens with two attached hydrogens (primary N) is 1. The van der Waals surface area contributed by atoms with Gasteiger partial charge in [0.15, 0.2) is 0 Å². The topological polar surface area (TPSA) is 87.5 Å². The first-order valence-corrected chi connectivity index (χ1v) is 7.55. The molecule has 0 aromatic heterocycles. The van der Waals surface area contributed by atoms with E-state index in [2.05, 4.69) is 22.5 Å². The standard InChI is InChI=1S/C14H28N4O2/c1-3-4-5-12(15)14(20)17-11-6-8-18(9-7-11)10-13(19)16-2/h11-12H,3-10,15H2,1-2H3,(H,16,19)(H,17,20). The number of unbranched alkanes of at least 4 members (excludes halogenated alkanes) is 1. The quantitative estimate of drug-likeness (QED) is 0.606. The first-order chi connectivity index (χ1) is 9.56. The maximum Gasteiger partial charge on any atom is 0.237 e. The smallest absolute Gasteiger partial charge is 0.237 e. The molecule has 0 radical (unpaired) electrons. The maximum atomic E-state index is 11.9. The van der Waals surface area contributed by atoms with E-state index in [1.54, 1.807) is 7.05 Å². The predicted octanol–water partition coefficient (Wildman–Crippen LogP) is -0.169. The summed E-state index contributed by atoms with van der Waals surface area (Å²) in [4.78, 5) is 25.3. The Hall–Kier alpha value is -1.14. The molecule has 1 aliphatic rings. The number of piperidine rings is 1. The molecule has 20 heavy (non-hydrogen) atoms. The minimum atomic E-state index is -0.390. The second-order valence-electron chi connectivity index (χ2n) is 5.48. The van der Waals surface area contributed by atoms with Crippen molar-refractivity contribution in [2.75, 3.05) is 26.7 Å². The monoisotopic (exact) mass is 284 g/mol. The summed E-state index contributed by atoms with van der Waals surface area (Å²) in [6, 6.07) is -0.199. The lowest BCUT2D eigenvalue weighted by Gasteiger charge is -2.32. The zero-order valence-electron chi connectivity index (χ0n) is 12.7. The SMILES string of the molecule is CCCCC(N)C(=O)NC1CCN(CC(=O)NC)CC1. The Morgan fingerprint density at radius 2 is 2.00 bits per heavy atom. The zero-order valence-corrected chi connectivity index (χ0v) is 12.7. The van der Waals surface area contributed by atoms with Crippen LogP contribution in [-0.4, -0.2) is 55.5 Å². The summed E-state index contributed by atoms with van der Waals surface area (Å²) >= 11 is 0. The van der Waals surface area contributed by atoms with E-state index in [1.807, 2.05) is 0 Å². The Kier molecular flexibility index (Phi) is 7.54. The van der Waals surface area contributed by atoms with Crippen molar-refractivity contribution in [2.45, 2.75) is 51.1 Å². The second kappa shape index (κ2) is 8.92. The van der Waals surface area contributed by atoms with Crippen LogP contribution in [0.2, 0.25) is 0 Å². The molecule has 1 saturated heterocycles. The molecule has 6 heteroatoms. The summed E-state index contributed by atoms with van der Waals surface area (Å²) in [5.41, 5.74) is 5.86. The van der Waals surface area contributed by atoms with E-state index in [0.29, 0.717) is 6.54 Å². The van der Waals surface area contributed by atoms with E-state index in [1.165, 1.54) is 0 Å². The Labute approximate surface area is 121 Å². The van der Waals surface area contributed by atoms with Crippen molar-refractivity contribution in [3.63, 3.8) is 0 Å². The summed E-state index contributed by atoms with van der Waals surface area (Å²) < 4.78 is 0. The Balaban J connectivity index is 2.24.